The van der Waals surface area contributed by atoms with Gasteiger partial charge in [0.1, 0.15) is 41.5 Å². The van der Waals surface area contributed by atoms with Crippen LogP contribution in [0.4, 0.5) is 0 Å². The van der Waals surface area contributed by atoms with Gasteiger partial charge in [-0.15, -0.1) is 0 Å². The number of benzene rings is 3. The van der Waals surface area contributed by atoms with E-state index in [1.807, 2.05) is 20.8 Å². The minimum Gasteiger partial charge on any atom is -0.493 e. The zero-order chi connectivity index (χ0) is 56.4. The standard InChI is InChI=1S/C62H84O17/c1-32(2)15-12-16-33(3)17-13-18-34(4)19-14-23-62(9)24-22-40-37(7)55(35(5)36(6)56(40)79-62)76-49(63)20-21-50(64)77-58-46(68-10)25-39(26-47(58)69-11)51-41-27-44-45(73-31-72-44)28-42(41)57(43-29-71-60(67)52(43)51)78-61-54(66)53(65)59-48(75-61)30-70-38(8)74-59/h25-28,32-34,38,43,48,51-54,57,59,61,65-66H,12-24,29-31H2,1-11H3/t33-,34-,38+,43+,48-,51-,52+,53-,54-,57-,59-,61+,62-/m1/s1. The Morgan fingerprint density at radius 1 is 0.747 bits per heavy atom. The molecule has 3 fully saturated rings. The summed E-state index contributed by atoms with van der Waals surface area (Å²) in [5, 5.41) is 22.5. The fourth-order valence-electron chi connectivity index (χ4n) is 12.8. The summed E-state index contributed by atoms with van der Waals surface area (Å²) in [5.74, 6) is 0.844. The number of fused-ring (bicyclic) bond motifs is 5. The second-order valence-corrected chi connectivity index (χ2v) is 23.8. The second-order valence-electron chi connectivity index (χ2n) is 23.8. The summed E-state index contributed by atoms with van der Waals surface area (Å²) in [6.45, 7) is 19.3. The molecular formula is C62H84O17. The van der Waals surface area contributed by atoms with Crippen LogP contribution in [0.1, 0.15) is 170 Å². The van der Waals surface area contributed by atoms with Crippen molar-refractivity contribution in [2.75, 3.05) is 34.2 Å². The molecule has 1 aliphatic carbocycles. The lowest BCUT2D eigenvalue weighted by molar-refractivity contribution is -0.364. The van der Waals surface area contributed by atoms with Gasteiger partial charge in [0.15, 0.2) is 35.6 Å². The largest absolute Gasteiger partial charge is 0.493 e. The molecule has 17 heteroatoms. The van der Waals surface area contributed by atoms with Gasteiger partial charge in [-0.05, 0) is 136 Å². The zero-order valence-electron chi connectivity index (χ0n) is 48.1. The second kappa shape index (κ2) is 24.9. The number of aliphatic hydroxyl groups is 2. The van der Waals surface area contributed by atoms with Crippen LogP contribution >= 0.6 is 0 Å². The lowest BCUT2D eigenvalue weighted by atomic mass is 9.66. The van der Waals surface area contributed by atoms with Crippen LogP contribution < -0.4 is 33.2 Å². The lowest BCUT2D eigenvalue weighted by Crippen LogP contribution is -2.63. The minimum atomic E-state index is -1.50. The van der Waals surface area contributed by atoms with Gasteiger partial charge in [-0.25, -0.2) is 0 Å². The van der Waals surface area contributed by atoms with Gasteiger partial charge in [0.25, 0.3) is 0 Å². The van der Waals surface area contributed by atoms with E-state index in [1.165, 1.54) is 59.2 Å². The average Bonchev–Trinajstić information content (AvgIpc) is 4.29. The number of carbonyl (C=O) groups is 3. The Morgan fingerprint density at radius 2 is 1.37 bits per heavy atom. The molecule has 13 atom stereocenters. The molecule has 0 aromatic heterocycles. The van der Waals surface area contributed by atoms with Gasteiger partial charge in [0.2, 0.25) is 12.5 Å². The molecule has 3 aromatic carbocycles. The molecule has 9 rings (SSSR count). The van der Waals surface area contributed by atoms with Gasteiger partial charge < -0.3 is 67.1 Å². The van der Waals surface area contributed by atoms with Gasteiger partial charge in [0, 0.05) is 17.4 Å². The first-order valence-electron chi connectivity index (χ1n) is 28.8. The van der Waals surface area contributed by atoms with Crippen molar-refractivity contribution in [1.82, 2.24) is 0 Å². The molecule has 0 amide bonds. The number of esters is 3. The van der Waals surface area contributed by atoms with Gasteiger partial charge in [0.05, 0.1) is 52.3 Å². The van der Waals surface area contributed by atoms with Crippen molar-refractivity contribution in [1.29, 1.82) is 0 Å². The Labute approximate surface area is 465 Å². The van der Waals surface area contributed by atoms with E-state index in [2.05, 4.69) is 34.6 Å². The van der Waals surface area contributed by atoms with Crippen molar-refractivity contribution in [2.24, 2.45) is 29.6 Å². The monoisotopic (exact) mass is 1100 g/mol. The van der Waals surface area contributed by atoms with E-state index < -0.39 is 78.8 Å². The Hall–Kier alpha value is -5.17. The Balaban J connectivity index is 0.843. The van der Waals surface area contributed by atoms with Gasteiger partial charge >= 0.3 is 17.9 Å². The molecule has 2 N–H and O–H groups in total. The van der Waals surface area contributed by atoms with E-state index >= 15 is 0 Å². The molecule has 5 aliphatic heterocycles. The molecule has 3 aromatic rings. The number of ether oxygens (including phenoxy) is 12. The number of methoxy groups -OCH3 is 2. The molecule has 17 nitrogen and oxygen atoms in total. The SMILES string of the molecule is COc1cc([C@@H]2c3cc4c(cc3[C@@H](O[C@@H]3O[C@@H]5CO[C@H](C)O[C@H]5[C@H](O)[C@H]3O)[C@H]3COC(=O)[C@H]23)OCO4)cc(OC)c1OC(=O)CCC(=O)Oc1c(C)c(C)c2c(c1C)CC[C@@](C)(CCC[C@H](C)CCC[C@H](C)CCCC(C)C)O2. The van der Waals surface area contributed by atoms with E-state index in [0.717, 1.165) is 65.5 Å². The first kappa shape index (κ1) is 58.5. The number of rotatable bonds is 22. The van der Waals surface area contributed by atoms with Crippen molar-refractivity contribution in [2.45, 2.75) is 200 Å². The van der Waals surface area contributed by atoms with Gasteiger partial charge in [-0.1, -0.05) is 72.6 Å². The van der Waals surface area contributed by atoms with Crippen LogP contribution in [0.25, 0.3) is 0 Å². The van der Waals surface area contributed by atoms with Crippen LogP contribution in [0.15, 0.2) is 24.3 Å². The van der Waals surface area contributed by atoms with Crippen LogP contribution in [0.5, 0.6) is 40.2 Å². The highest BCUT2D eigenvalue weighted by Crippen LogP contribution is 2.57. The fraction of sp³-hybridized carbons (Fsp3) is 0.661. The van der Waals surface area contributed by atoms with E-state index in [1.54, 1.807) is 31.2 Å². The third kappa shape index (κ3) is 12.7. The van der Waals surface area contributed by atoms with Crippen molar-refractivity contribution < 1.29 is 81.4 Å². The highest BCUT2D eigenvalue weighted by atomic mass is 16.8. The van der Waals surface area contributed by atoms with Gasteiger partial charge in [-0.2, -0.15) is 0 Å². The third-order valence-corrected chi connectivity index (χ3v) is 17.5. The summed E-state index contributed by atoms with van der Waals surface area (Å²) in [6, 6.07) is 6.92. The van der Waals surface area contributed by atoms with E-state index in [9.17, 15) is 24.6 Å². The summed E-state index contributed by atoms with van der Waals surface area (Å²) >= 11 is 0. The van der Waals surface area contributed by atoms with Crippen LogP contribution in [0, 0.1) is 50.4 Å². The Kier molecular flexibility index (Phi) is 18.4. The highest BCUT2D eigenvalue weighted by molar-refractivity contribution is 5.82. The van der Waals surface area contributed by atoms with Crippen molar-refractivity contribution in [3.63, 3.8) is 0 Å². The topological polar surface area (TPSA) is 202 Å². The van der Waals surface area contributed by atoms with Gasteiger partial charge in [-0.3, -0.25) is 14.4 Å². The van der Waals surface area contributed by atoms with Crippen molar-refractivity contribution >= 4 is 17.9 Å². The van der Waals surface area contributed by atoms with Crippen LogP contribution in [-0.4, -0.2) is 105 Å². The Morgan fingerprint density at radius 3 is 2.01 bits per heavy atom. The third-order valence-electron chi connectivity index (χ3n) is 17.5. The molecule has 0 spiro atoms. The maximum atomic E-state index is 14.0. The van der Waals surface area contributed by atoms with Crippen LogP contribution in [-0.2, 0) is 44.5 Å². The molecule has 5 heterocycles. The molecule has 79 heavy (non-hydrogen) atoms. The maximum Gasteiger partial charge on any atom is 0.312 e. The maximum absolute atomic E-state index is 14.0. The molecular weight excluding hydrogens is 1020 g/mol. The van der Waals surface area contributed by atoms with Crippen molar-refractivity contribution in [3.8, 4) is 40.2 Å². The van der Waals surface area contributed by atoms with E-state index in [-0.39, 0.29) is 55.7 Å². The predicted octanol–water partition coefficient (Wildman–Crippen LogP) is 10.4. The molecule has 0 saturated carbocycles. The normalized spacial score (nSPS) is 28.4. The lowest BCUT2D eigenvalue weighted by Gasteiger charge is -2.47. The van der Waals surface area contributed by atoms with Crippen molar-refractivity contribution in [3.05, 3.63) is 63.2 Å². The molecule has 434 valence electrons. The number of aliphatic hydroxyl groups excluding tert-OH is 2. The number of hydrogen-bond acceptors (Lipinski definition) is 17. The van der Waals surface area contributed by atoms with E-state index in [0.29, 0.717) is 39.9 Å². The zero-order valence-corrected chi connectivity index (χ0v) is 48.1. The number of carbonyl (C=O) groups excluding carboxylic acids is 3. The summed E-state index contributed by atoms with van der Waals surface area (Å²) in [5.41, 5.74) is 5.19. The summed E-state index contributed by atoms with van der Waals surface area (Å²) in [7, 11) is 2.84. The molecule has 0 radical (unpaired) electrons. The summed E-state index contributed by atoms with van der Waals surface area (Å²) < 4.78 is 72.1. The Bertz CT molecular complexity index is 2660. The number of hydrogen-bond donors (Lipinski definition) is 2. The fourth-order valence-corrected chi connectivity index (χ4v) is 12.8. The van der Waals surface area contributed by atoms with Crippen LogP contribution in [0.2, 0.25) is 0 Å². The summed E-state index contributed by atoms with van der Waals surface area (Å²) in [6.07, 6.45) is 5.05. The molecule has 3 saturated heterocycles. The first-order chi connectivity index (χ1) is 37.8. The average molecular weight is 1100 g/mol. The quantitative estimate of drug-likeness (QED) is 0.0710. The molecule has 6 aliphatic rings. The minimum absolute atomic E-state index is 0.0163. The smallest absolute Gasteiger partial charge is 0.312 e. The van der Waals surface area contributed by atoms with Crippen LogP contribution in [0.3, 0.4) is 0 Å². The predicted molar refractivity (Wildman–Crippen MR) is 290 cm³/mol. The molecule has 0 bridgehead atoms. The van der Waals surface area contributed by atoms with E-state index in [4.69, 9.17) is 56.8 Å². The number of cyclic esters (lactones) is 1. The first-order valence-corrected chi connectivity index (χ1v) is 28.8. The summed E-state index contributed by atoms with van der Waals surface area (Å²) in [4.78, 5) is 41.2. The highest BCUT2D eigenvalue weighted by Gasteiger charge is 2.56. The molecule has 0 unspecified atom stereocenters.